The van der Waals surface area contributed by atoms with Gasteiger partial charge in [0.25, 0.3) is 0 Å². The molecule has 0 unspecified atom stereocenters. The third-order valence-corrected chi connectivity index (χ3v) is 3.23. The molecule has 0 spiro atoms. The van der Waals surface area contributed by atoms with Crippen LogP contribution in [0.1, 0.15) is 45.4 Å². The number of ether oxygens (including phenoxy) is 1. The molecule has 2 heteroatoms. The molecule has 0 bridgehead atoms. The van der Waals surface area contributed by atoms with E-state index >= 15 is 0 Å². The van der Waals surface area contributed by atoms with Gasteiger partial charge in [0.15, 0.2) is 0 Å². The zero-order chi connectivity index (χ0) is 11.6. The Morgan fingerprint density at radius 1 is 1.25 bits per heavy atom. The highest BCUT2D eigenvalue weighted by molar-refractivity contribution is 4.87. The maximum absolute atomic E-state index is 5.43. The van der Waals surface area contributed by atoms with Crippen molar-refractivity contribution >= 4 is 0 Å². The summed E-state index contributed by atoms with van der Waals surface area (Å²) in [4.78, 5) is 0. The van der Waals surface area contributed by atoms with Crippen LogP contribution in [0.5, 0.6) is 0 Å². The summed E-state index contributed by atoms with van der Waals surface area (Å²) in [5.74, 6) is 0.984. The van der Waals surface area contributed by atoms with Crippen molar-refractivity contribution in [3.8, 4) is 0 Å². The Kier molecular flexibility index (Phi) is 7.52. The first-order valence-corrected chi connectivity index (χ1v) is 6.72. The minimum Gasteiger partial charge on any atom is -0.376 e. The molecule has 0 heterocycles. The third kappa shape index (κ3) is 7.02. The lowest BCUT2D eigenvalue weighted by molar-refractivity contribution is 0.157. The largest absolute Gasteiger partial charge is 0.376 e. The zero-order valence-electron chi connectivity index (χ0n) is 10.8. The van der Waals surface area contributed by atoms with Crippen LogP contribution in [0.2, 0.25) is 0 Å². The summed E-state index contributed by atoms with van der Waals surface area (Å²) in [5.41, 5.74) is 1.10. The second kappa shape index (κ2) is 8.77. The number of nitrogens with one attached hydrogen (secondary N) is 1. The molecular weight excluding hydrogens is 198 g/mol. The van der Waals surface area contributed by atoms with E-state index in [1.165, 1.54) is 38.5 Å². The quantitative estimate of drug-likeness (QED) is 0.506. The van der Waals surface area contributed by atoms with E-state index in [0.717, 1.165) is 31.2 Å². The Bertz CT molecular complexity index is 185. The molecule has 1 aliphatic carbocycles. The van der Waals surface area contributed by atoms with E-state index in [1.54, 1.807) is 0 Å². The van der Waals surface area contributed by atoms with Crippen LogP contribution >= 0.6 is 0 Å². The highest BCUT2D eigenvalue weighted by Gasteiger charge is 2.12. The van der Waals surface area contributed by atoms with E-state index in [2.05, 4.69) is 11.9 Å². The summed E-state index contributed by atoms with van der Waals surface area (Å²) >= 11 is 0. The fourth-order valence-electron chi connectivity index (χ4n) is 2.30. The lowest BCUT2D eigenvalue weighted by atomic mass is 9.87. The highest BCUT2D eigenvalue weighted by Crippen LogP contribution is 2.25. The fraction of sp³-hybridized carbons (Fsp3) is 0.857. The monoisotopic (exact) mass is 225 g/mol. The van der Waals surface area contributed by atoms with Crippen molar-refractivity contribution in [2.24, 2.45) is 5.92 Å². The van der Waals surface area contributed by atoms with Crippen molar-refractivity contribution in [1.29, 1.82) is 0 Å². The number of hydrogen-bond donors (Lipinski definition) is 1. The van der Waals surface area contributed by atoms with Crippen LogP contribution in [0.4, 0.5) is 0 Å². The van der Waals surface area contributed by atoms with Gasteiger partial charge in [-0.25, -0.2) is 0 Å². The van der Waals surface area contributed by atoms with E-state index in [0.29, 0.717) is 6.61 Å². The van der Waals surface area contributed by atoms with Gasteiger partial charge in [0.2, 0.25) is 0 Å². The topological polar surface area (TPSA) is 21.3 Å². The van der Waals surface area contributed by atoms with Gasteiger partial charge in [0, 0.05) is 6.54 Å². The van der Waals surface area contributed by atoms with Crippen molar-refractivity contribution in [1.82, 2.24) is 5.32 Å². The average Bonchev–Trinajstić information content (AvgIpc) is 2.29. The van der Waals surface area contributed by atoms with Crippen molar-refractivity contribution < 1.29 is 4.74 Å². The van der Waals surface area contributed by atoms with E-state index in [1.807, 2.05) is 6.92 Å². The van der Waals surface area contributed by atoms with E-state index in [9.17, 15) is 0 Å². The third-order valence-electron chi connectivity index (χ3n) is 3.23. The van der Waals surface area contributed by atoms with Crippen molar-refractivity contribution in [3.63, 3.8) is 0 Å². The first-order valence-electron chi connectivity index (χ1n) is 6.72. The Morgan fingerprint density at radius 2 is 2.00 bits per heavy atom. The lowest BCUT2D eigenvalue weighted by Crippen LogP contribution is -2.23. The predicted octanol–water partition coefficient (Wildman–Crippen LogP) is 3.14. The molecule has 1 rings (SSSR count). The molecule has 1 N–H and O–H groups in total. The number of hydrogen-bond acceptors (Lipinski definition) is 2. The van der Waals surface area contributed by atoms with Gasteiger partial charge in [-0.15, -0.1) is 0 Å². The van der Waals surface area contributed by atoms with Gasteiger partial charge in [0.05, 0.1) is 13.2 Å². The molecule has 1 fully saturated rings. The summed E-state index contributed by atoms with van der Waals surface area (Å²) in [7, 11) is 0. The lowest BCUT2D eigenvalue weighted by Gasteiger charge is -2.21. The van der Waals surface area contributed by atoms with Crippen molar-refractivity contribution in [2.75, 3.05) is 26.3 Å². The van der Waals surface area contributed by atoms with Gasteiger partial charge in [-0.1, -0.05) is 44.3 Å². The summed E-state index contributed by atoms with van der Waals surface area (Å²) in [6.07, 6.45) is 8.61. The van der Waals surface area contributed by atoms with Crippen LogP contribution in [-0.2, 0) is 4.74 Å². The van der Waals surface area contributed by atoms with Crippen LogP contribution in [0, 0.1) is 5.92 Å². The minimum absolute atomic E-state index is 0.699. The second-order valence-electron chi connectivity index (χ2n) is 5.05. The zero-order valence-corrected chi connectivity index (χ0v) is 10.8. The molecule has 1 aliphatic rings. The van der Waals surface area contributed by atoms with Crippen LogP contribution in [0.3, 0.4) is 0 Å². The predicted molar refractivity (Wildman–Crippen MR) is 69.7 cm³/mol. The van der Waals surface area contributed by atoms with Gasteiger partial charge < -0.3 is 10.1 Å². The SMILES string of the molecule is C=C(C)COCCNCCC1CCCCC1. The molecule has 94 valence electrons. The highest BCUT2D eigenvalue weighted by atomic mass is 16.5. The van der Waals surface area contributed by atoms with Crippen LogP contribution in [0.25, 0.3) is 0 Å². The summed E-state index contributed by atoms with van der Waals surface area (Å²) in [6, 6.07) is 0. The molecule has 0 aromatic heterocycles. The average molecular weight is 225 g/mol. The molecule has 0 saturated heterocycles. The smallest absolute Gasteiger partial charge is 0.0672 e. The molecular formula is C14H27NO. The first-order chi connectivity index (χ1) is 7.79. The van der Waals surface area contributed by atoms with Crippen molar-refractivity contribution in [3.05, 3.63) is 12.2 Å². The molecule has 0 radical (unpaired) electrons. The summed E-state index contributed by atoms with van der Waals surface area (Å²) in [5, 5.41) is 3.45. The fourth-order valence-corrected chi connectivity index (χ4v) is 2.30. The van der Waals surface area contributed by atoms with E-state index < -0.39 is 0 Å². The van der Waals surface area contributed by atoms with Crippen molar-refractivity contribution in [2.45, 2.75) is 45.4 Å². The molecule has 0 aromatic carbocycles. The summed E-state index contributed by atoms with van der Waals surface area (Å²) < 4.78 is 5.43. The van der Waals surface area contributed by atoms with Crippen LogP contribution < -0.4 is 5.32 Å². The van der Waals surface area contributed by atoms with E-state index in [4.69, 9.17) is 4.74 Å². The minimum atomic E-state index is 0.699. The first kappa shape index (κ1) is 13.7. The Balaban J connectivity index is 1.82. The Labute approximate surface area is 100 Å². The van der Waals surface area contributed by atoms with Gasteiger partial charge in [0.1, 0.15) is 0 Å². The molecule has 16 heavy (non-hydrogen) atoms. The molecule has 0 aliphatic heterocycles. The molecule has 1 saturated carbocycles. The van der Waals surface area contributed by atoms with Gasteiger partial charge in [-0.05, 0) is 25.8 Å². The molecule has 0 aromatic rings. The van der Waals surface area contributed by atoms with Gasteiger partial charge in [-0.3, -0.25) is 0 Å². The van der Waals surface area contributed by atoms with Crippen LogP contribution in [0.15, 0.2) is 12.2 Å². The maximum atomic E-state index is 5.43. The molecule has 0 atom stereocenters. The standard InChI is InChI=1S/C14H27NO/c1-13(2)12-16-11-10-15-9-8-14-6-4-3-5-7-14/h14-15H,1,3-12H2,2H3. The van der Waals surface area contributed by atoms with Crippen LogP contribution in [-0.4, -0.2) is 26.3 Å². The van der Waals surface area contributed by atoms with Gasteiger partial charge in [-0.2, -0.15) is 0 Å². The van der Waals surface area contributed by atoms with Gasteiger partial charge >= 0.3 is 0 Å². The Hall–Kier alpha value is -0.340. The normalized spacial score (nSPS) is 17.6. The molecule has 0 amide bonds. The molecule has 2 nitrogen and oxygen atoms in total. The summed E-state index contributed by atoms with van der Waals surface area (Å²) in [6.45, 7) is 9.43. The Morgan fingerprint density at radius 3 is 2.69 bits per heavy atom. The second-order valence-corrected chi connectivity index (χ2v) is 5.05. The van der Waals surface area contributed by atoms with E-state index in [-0.39, 0.29) is 0 Å². The number of rotatable bonds is 8. The maximum Gasteiger partial charge on any atom is 0.0672 e.